The highest BCUT2D eigenvalue weighted by atomic mass is 19.4. The van der Waals surface area contributed by atoms with Gasteiger partial charge in [-0.3, -0.25) is 4.79 Å². The first kappa shape index (κ1) is 13.5. The third-order valence-corrected chi connectivity index (χ3v) is 2.06. The van der Waals surface area contributed by atoms with E-state index in [1.54, 1.807) is 6.92 Å². The van der Waals surface area contributed by atoms with Crippen LogP contribution in [-0.4, -0.2) is 16.9 Å². The highest BCUT2D eigenvalue weighted by molar-refractivity contribution is 5.73. The van der Waals surface area contributed by atoms with Crippen molar-refractivity contribution in [3.05, 3.63) is 29.6 Å². The van der Waals surface area contributed by atoms with Gasteiger partial charge in [-0.25, -0.2) is 4.98 Å². The van der Waals surface area contributed by atoms with Gasteiger partial charge in [0.25, 0.3) is 0 Å². The van der Waals surface area contributed by atoms with Gasteiger partial charge in [0.15, 0.2) is 0 Å². The molecule has 17 heavy (non-hydrogen) atoms. The van der Waals surface area contributed by atoms with Crippen molar-refractivity contribution in [2.45, 2.75) is 32.5 Å². The molecule has 1 rings (SSSR count). The number of hydrogen-bond acceptors (Lipinski definition) is 2. The first-order valence-corrected chi connectivity index (χ1v) is 5.09. The molecule has 0 radical (unpaired) electrons. The number of halogens is 3. The van der Waals surface area contributed by atoms with Crippen molar-refractivity contribution in [2.75, 3.05) is 0 Å². The highest BCUT2D eigenvalue weighted by Crippen LogP contribution is 2.27. The number of aromatic nitrogens is 1. The van der Waals surface area contributed by atoms with Crippen LogP contribution >= 0.6 is 0 Å². The van der Waals surface area contributed by atoms with Crippen LogP contribution in [0.5, 0.6) is 0 Å². The van der Waals surface area contributed by atoms with E-state index < -0.39 is 11.9 Å². The normalized spacial score (nSPS) is 13.2. The van der Waals surface area contributed by atoms with E-state index in [0.717, 1.165) is 6.07 Å². The number of pyridine rings is 1. The summed E-state index contributed by atoms with van der Waals surface area (Å²) in [7, 11) is 0. The van der Waals surface area contributed by atoms with Crippen molar-refractivity contribution in [1.82, 2.24) is 10.3 Å². The maximum atomic E-state index is 12.4. The number of alkyl halides is 3. The lowest BCUT2D eigenvalue weighted by Crippen LogP contribution is -2.32. The molecule has 1 N–H and O–H groups in total. The molecular weight excluding hydrogens is 233 g/mol. The van der Waals surface area contributed by atoms with Crippen molar-refractivity contribution >= 4 is 5.91 Å². The smallest absolute Gasteiger partial charge is 0.354 e. The Hall–Kier alpha value is -1.59. The molecule has 1 aromatic heterocycles. The van der Waals surface area contributed by atoms with E-state index in [1.165, 1.54) is 19.1 Å². The zero-order chi connectivity index (χ0) is 13.1. The molecule has 1 aromatic rings. The monoisotopic (exact) mass is 246 g/mol. The molecular formula is C11H13F3N2O. The Bertz CT molecular complexity index is 404. The Morgan fingerprint density at radius 3 is 2.65 bits per heavy atom. The molecule has 1 unspecified atom stereocenters. The maximum absolute atomic E-state index is 12.4. The van der Waals surface area contributed by atoms with E-state index in [2.05, 4.69) is 10.3 Å². The zero-order valence-electron chi connectivity index (χ0n) is 9.51. The number of hydrogen-bond donors (Lipinski definition) is 1. The van der Waals surface area contributed by atoms with Gasteiger partial charge < -0.3 is 5.32 Å². The molecule has 1 heterocycles. The summed E-state index contributed by atoms with van der Waals surface area (Å²) in [6.07, 6.45) is -4.17. The van der Waals surface area contributed by atoms with Crippen LogP contribution in [0.4, 0.5) is 13.2 Å². The number of amides is 1. The van der Waals surface area contributed by atoms with Crippen LogP contribution in [0.1, 0.15) is 25.2 Å². The quantitative estimate of drug-likeness (QED) is 0.888. The third-order valence-electron chi connectivity index (χ3n) is 2.06. The summed E-state index contributed by atoms with van der Waals surface area (Å²) >= 11 is 0. The Morgan fingerprint density at radius 1 is 1.47 bits per heavy atom. The van der Waals surface area contributed by atoms with Crippen molar-refractivity contribution < 1.29 is 18.0 Å². The second-order valence-electron chi connectivity index (χ2n) is 3.82. The molecule has 94 valence electrons. The lowest BCUT2D eigenvalue weighted by Gasteiger charge is -2.13. The molecule has 1 atom stereocenters. The summed E-state index contributed by atoms with van der Waals surface area (Å²) in [4.78, 5) is 14.3. The first-order chi connectivity index (χ1) is 7.79. The Balaban J connectivity index is 2.76. The Labute approximate surface area is 97.0 Å². The van der Waals surface area contributed by atoms with Crippen LogP contribution in [-0.2, 0) is 17.4 Å². The highest BCUT2D eigenvalue weighted by Gasteiger charge is 2.32. The summed E-state index contributed by atoms with van der Waals surface area (Å²) in [5.41, 5.74) is -0.605. The number of nitrogens with zero attached hydrogens (tertiary/aromatic N) is 1. The van der Waals surface area contributed by atoms with Crippen LogP contribution in [0.2, 0.25) is 0 Å². The van der Waals surface area contributed by atoms with Crippen LogP contribution < -0.4 is 5.32 Å². The van der Waals surface area contributed by atoms with Gasteiger partial charge in [-0.05, 0) is 19.1 Å². The SMILES string of the molecule is CC(=O)NC(C)Cc1cccc(C(F)(F)F)n1. The van der Waals surface area contributed by atoms with Crippen LogP contribution in [0.3, 0.4) is 0 Å². The van der Waals surface area contributed by atoms with E-state index >= 15 is 0 Å². The van der Waals surface area contributed by atoms with Gasteiger partial charge in [0.05, 0.1) is 0 Å². The average molecular weight is 246 g/mol. The third kappa shape index (κ3) is 4.42. The molecule has 0 bridgehead atoms. The largest absolute Gasteiger partial charge is 0.433 e. The molecule has 1 amide bonds. The van der Waals surface area contributed by atoms with Crippen LogP contribution in [0.25, 0.3) is 0 Å². The van der Waals surface area contributed by atoms with Gasteiger partial charge >= 0.3 is 6.18 Å². The van der Waals surface area contributed by atoms with Gasteiger partial charge in [-0.2, -0.15) is 13.2 Å². The van der Waals surface area contributed by atoms with Crippen LogP contribution in [0, 0.1) is 0 Å². The minimum atomic E-state index is -4.44. The van der Waals surface area contributed by atoms with Crippen molar-refractivity contribution in [3.63, 3.8) is 0 Å². The predicted octanol–water partition coefficient (Wildman–Crippen LogP) is 2.17. The van der Waals surface area contributed by atoms with Gasteiger partial charge in [0, 0.05) is 25.1 Å². The zero-order valence-corrected chi connectivity index (χ0v) is 9.51. The number of nitrogens with one attached hydrogen (secondary N) is 1. The number of carbonyl (C=O) groups excluding carboxylic acids is 1. The topological polar surface area (TPSA) is 42.0 Å². The molecule has 3 nitrogen and oxygen atoms in total. The second-order valence-corrected chi connectivity index (χ2v) is 3.82. The molecule has 0 aliphatic heterocycles. The lowest BCUT2D eigenvalue weighted by atomic mass is 10.1. The molecule has 0 saturated carbocycles. The fourth-order valence-electron chi connectivity index (χ4n) is 1.46. The summed E-state index contributed by atoms with van der Waals surface area (Å²) in [6, 6.07) is 3.50. The van der Waals surface area contributed by atoms with Gasteiger partial charge in [0.1, 0.15) is 5.69 Å². The Morgan fingerprint density at radius 2 is 2.12 bits per heavy atom. The fourth-order valence-corrected chi connectivity index (χ4v) is 1.46. The molecule has 0 aliphatic carbocycles. The van der Waals surface area contributed by atoms with Crippen molar-refractivity contribution in [1.29, 1.82) is 0 Å². The van der Waals surface area contributed by atoms with Gasteiger partial charge in [-0.1, -0.05) is 6.07 Å². The minimum Gasteiger partial charge on any atom is -0.354 e. The van der Waals surface area contributed by atoms with Crippen LogP contribution in [0.15, 0.2) is 18.2 Å². The standard InChI is InChI=1S/C11H13F3N2O/c1-7(15-8(2)17)6-9-4-3-5-10(16-9)11(12,13)14/h3-5,7H,6H2,1-2H3,(H,15,17). The molecule has 0 fully saturated rings. The fraction of sp³-hybridized carbons (Fsp3) is 0.455. The number of carbonyl (C=O) groups is 1. The van der Waals surface area contributed by atoms with E-state index in [-0.39, 0.29) is 18.4 Å². The van der Waals surface area contributed by atoms with E-state index in [9.17, 15) is 18.0 Å². The predicted molar refractivity (Wildman–Crippen MR) is 56.2 cm³/mol. The molecule has 0 spiro atoms. The lowest BCUT2D eigenvalue weighted by molar-refractivity contribution is -0.141. The summed E-state index contributed by atoms with van der Waals surface area (Å²) in [6.45, 7) is 3.07. The molecule has 0 aliphatic rings. The van der Waals surface area contributed by atoms with Gasteiger partial charge in [-0.15, -0.1) is 0 Å². The van der Waals surface area contributed by atoms with Gasteiger partial charge in [0.2, 0.25) is 5.91 Å². The summed E-state index contributed by atoms with van der Waals surface area (Å²) in [5.74, 6) is -0.218. The van der Waals surface area contributed by atoms with E-state index in [0.29, 0.717) is 5.69 Å². The van der Waals surface area contributed by atoms with E-state index in [1.807, 2.05) is 0 Å². The number of rotatable bonds is 3. The molecule has 0 aromatic carbocycles. The molecule has 0 saturated heterocycles. The van der Waals surface area contributed by atoms with Crippen molar-refractivity contribution in [3.8, 4) is 0 Å². The Kier molecular flexibility index (Phi) is 4.09. The second kappa shape index (κ2) is 5.16. The minimum absolute atomic E-state index is 0.218. The summed E-state index contributed by atoms with van der Waals surface area (Å²) in [5, 5.41) is 2.59. The average Bonchev–Trinajstić information content (AvgIpc) is 2.15. The van der Waals surface area contributed by atoms with E-state index in [4.69, 9.17) is 0 Å². The maximum Gasteiger partial charge on any atom is 0.433 e. The summed E-state index contributed by atoms with van der Waals surface area (Å²) < 4.78 is 37.1. The first-order valence-electron chi connectivity index (χ1n) is 5.09. The van der Waals surface area contributed by atoms with Crippen molar-refractivity contribution in [2.24, 2.45) is 0 Å². The molecule has 6 heteroatoms.